The third-order valence-electron chi connectivity index (χ3n) is 17.9. The van der Waals surface area contributed by atoms with Crippen LogP contribution in [-0.4, -0.2) is 14.2 Å². The summed E-state index contributed by atoms with van der Waals surface area (Å²) in [5.74, 6) is 1.74. The van der Waals surface area contributed by atoms with E-state index in [4.69, 9.17) is 39.8 Å². The average Bonchev–Trinajstić information content (AvgIpc) is 1.61. The SMILES string of the molecule is COc1ccc2c(c1)c1ccccc1c1cc3c(cc21)C1(c2ccccc2-c2ccccc21)c1cc(Br)ccc1-3.COc1cccc(-c2ccccc2-c2ccc3c(c2)-c2ccc(Br)cc2C32c3ccccc3-c3ccccc32)c1.[Cl][Fe]([Cl])[Cl]. The molecule has 4 aliphatic rings. The minimum atomic E-state index is -1.33. The van der Waals surface area contributed by atoms with E-state index in [1.807, 2.05) is 6.07 Å². The van der Waals surface area contributed by atoms with Gasteiger partial charge in [0, 0.05) is 8.95 Å². The van der Waals surface area contributed by atoms with Gasteiger partial charge in [-0.15, -0.1) is 0 Å². The number of fused-ring (bicyclic) bond motifs is 26. The molecule has 0 unspecified atom stereocenters. The van der Waals surface area contributed by atoms with Crippen molar-refractivity contribution < 1.29 is 20.6 Å². The van der Waals surface area contributed by atoms with Crippen LogP contribution in [0.2, 0.25) is 0 Å². The van der Waals surface area contributed by atoms with Gasteiger partial charge in [-0.25, -0.2) is 0 Å². The van der Waals surface area contributed by atoms with E-state index in [-0.39, 0.29) is 10.8 Å². The summed E-state index contributed by atoms with van der Waals surface area (Å²) < 4.78 is 13.4. The van der Waals surface area contributed by atoms with Crippen LogP contribution in [0.5, 0.6) is 11.5 Å². The standard InChI is InChI=1S/C38H23BrO.C38H25BrO.3ClH.Fe/c1-40-23-15-17-26-30(19-23)24-8-2-3-9-25(24)31-20-33-29-16-14-22(39)18-36(29)38(37(33)21-32(26)31)34-12-6-4-10-27(34)28-11-5-7-13-35(28)38;1-40-27-10-8-9-24(21-27)28-11-2-3-12-29(28)25-17-20-36-33(22-25)32-19-18-26(39)23-37(32)38(36)34-15-6-4-13-30(34)31-14-5-7-16-35(31)38;;;;/h2-21H,1H3;2-23H,1H3;3*1H;/q;;;;;+3/p-3. The molecule has 0 aromatic heterocycles. The van der Waals surface area contributed by atoms with Crippen molar-refractivity contribution in [2.24, 2.45) is 0 Å². The van der Waals surface area contributed by atoms with Gasteiger partial charge in [-0.05, 0) is 210 Å². The van der Waals surface area contributed by atoms with Gasteiger partial charge in [-0.3, -0.25) is 0 Å². The molecule has 0 radical (unpaired) electrons. The van der Waals surface area contributed by atoms with Crippen molar-refractivity contribution in [3.63, 3.8) is 0 Å². The summed E-state index contributed by atoms with van der Waals surface area (Å²) in [7, 11) is 18.1. The van der Waals surface area contributed by atoms with Crippen LogP contribution in [0, 0.1) is 0 Å². The normalized spacial score (nSPS) is 13.6. The van der Waals surface area contributed by atoms with E-state index in [0.717, 1.165) is 26.0 Å². The Bertz CT molecular complexity index is 4790. The van der Waals surface area contributed by atoms with Crippen molar-refractivity contribution in [1.82, 2.24) is 0 Å². The van der Waals surface area contributed by atoms with Crippen LogP contribution in [-0.2, 0) is 22.0 Å². The Morgan fingerprint density at radius 1 is 0.274 bits per heavy atom. The molecule has 17 rings (SSSR count). The second-order valence-corrected chi connectivity index (χ2v) is 29.0. The molecule has 0 saturated heterocycles. The zero-order valence-electron chi connectivity index (χ0n) is 45.3. The topological polar surface area (TPSA) is 18.5 Å². The van der Waals surface area contributed by atoms with Crippen LogP contribution in [0.15, 0.2) is 264 Å². The summed E-state index contributed by atoms with van der Waals surface area (Å²) in [6.45, 7) is 0. The maximum absolute atomic E-state index is 5.66. The number of hydrogen-bond acceptors (Lipinski definition) is 2. The summed E-state index contributed by atoms with van der Waals surface area (Å²) in [5.41, 5.74) is 25.4. The fourth-order valence-corrected chi connectivity index (χ4v) is 15.4. The van der Waals surface area contributed by atoms with Crippen molar-refractivity contribution in [3.8, 4) is 78.3 Å². The molecule has 13 aromatic carbocycles. The monoisotopic (exact) mass is 1310 g/mol. The van der Waals surface area contributed by atoms with Gasteiger partial charge in [-0.2, -0.15) is 0 Å². The Balaban J connectivity index is 0.000000135. The molecule has 0 heterocycles. The third kappa shape index (κ3) is 8.01. The zero-order chi connectivity index (χ0) is 57.0. The van der Waals surface area contributed by atoms with Gasteiger partial charge in [0.15, 0.2) is 0 Å². The molecule has 0 fully saturated rings. The second kappa shape index (κ2) is 21.0. The van der Waals surface area contributed by atoms with Gasteiger partial charge in [0.2, 0.25) is 0 Å². The first-order valence-electron chi connectivity index (χ1n) is 27.6. The van der Waals surface area contributed by atoms with Gasteiger partial charge in [0.05, 0.1) is 25.0 Å². The van der Waals surface area contributed by atoms with E-state index in [9.17, 15) is 0 Å². The Kier molecular flexibility index (Phi) is 13.3. The van der Waals surface area contributed by atoms with E-state index < -0.39 is 11.2 Å². The van der Waals surface area contributed by atoms with Gasteiger partial charge >= 0.3 is 41.5 Å². The Morgan fingerprint density at radius 2 is 0.643 bits per heavy atom. The molecule has 407 valence electrons. The average molecular weight is 1320 g/mol. The molecule has 8 heteroatoms. The molecule has 0 N–H and O–H groups in total. The van der Waals surface area contributed by atoms with E-state index >= 15 is 0 Å². The summed E-state index contributed by atoms with van der Waals surface area (Å²) in [5, 5.41) is 7.57. The number of benzene rings is 13. The quantitative estimate of drug-likeness (QED) is 0.129. The maximum atomic E-state index is 5.66. The first-order valence-corrected chi connectivity index (χ1v) is 33.8. The summed E-state index contributed by atoms with van der Waals surface area (Å²) in [6, 6.07) is 93.8. The number of hydrogen-bond donors (Lipinski definition) is 0. The molecule has 2 nitrogen and oxygen atoms in total. The van der Waals surface area contributed by atoms with E-state index in [2.05, 4.69) is 281 Å². The minimum absolute atomic E-state index is 0.341. The van der Waals surface area contributed by atoms with Gasteiger partial charge in [0.25, 0.3) is 0 Å². The van der Waals surface area contributed by atoms with Crippen LogP contribution in [0.1, 0.15) is 44.5 Å². The molecule has 2 spiro atoms. The first-order chi connectivity index (χ1) is 41.1. The fraction of sp³-hybridized carbons (Fsp3) is 0.0526. The van der Waals surface area contributed by atoms with Gasteiger partial charge < -0.3 is 9.47 Å². The van der Waals surface area contributed by atoms with Gasteiger partial charge in [0.1, 0.15) is 11.5 Å². The molecule has 4 aliphatic carbocycles. The number of rotatable bonds is 4. The number of methoxy groups -OCH3 is 2. The van der Waals surface area contributed by atoms with E-state index in [1.165, 1.54) is 138 Å². The van der Waals surface area contributed by atoms with E-state index in [0.29, 0.717) is 0 Å². The molecule has 0 atom stereocenters. The molecule has 0 aliphatic heterocycles. The summed E-state index contributed by atoms with van der Waals surface area (Å²) in [4.78, 5) is 0. The van der Waals surface area contributed by atoms with Crippen LogP contribution in [0.4, 0.5) is 0 Å². The molecule has 84 heavy (non-hydrogen) atoms. The van der Waals surface area contributed by atoms with Gasteiger partial charge in [-0.1, -0.05) is 220 Å². The molecule has 13 aromatic rings. The fourth-order valence-electron chi connectivity index (χ4n) is 14.7. The van der Waals surface area contributed by atoms with Crippen LogP contribution >= 0.6 is 62.2 Å². The van der Waals surface area contributed by atoms with E-state index in [1.54, 1.807) is 14.2 Å². The molecule has 0 saturated carbocycles. The third-order valence-corrected chi connectivity index (χ3v) is 18.9. The summed E-state index contributed by atoms with van der Waals surface area (Å²) >= 11 is 6.31. The van der Waals surface area contributed by atoms with Crippen molar-refractivity contribution in [1.29, 1.82) is 0 Å². The van der Waals surface area contributed by atoms with Crippen LogP contribution in [0.25, 0.3) is 99.1 Å². The molecule has 0 bridgehead atoms. The Hall–Kier alpha value is -7.41. The van der Waals surface area contributed by atoms with Crippen LogP contribution in [0.3, 0.4) is 0 Å². The van der Waals surface area contributed by atoms with Crippen molar-refractivity contribution in [3.05, 3.63) is 308 Å². The zero-order valence-corrected chi connectivity index (χ0v) is 51.9. The molecule has 0 amide bonds. The van der Waals surface area contributed by atoms with Crippen molar-refractivity contribution in [2.75, 3.05) is 14.2 Å². The van der Waals surface area contributed by atoms with Crippen molar-refractivity contribution in [2.45, 2.75) is 10.8 Å². The second-order valence-electron chi connectivity index (χ2n) is 21.7. The predicted molar refractivity (Wildman–Crippen MR) is 355 cm³/mol. The molecular formula is C76H48Br2Cl3FeO2. The number of halogens is 5. The number of ether oxygens (including phenoxy) is 2. The summed E-state index contributed by atoms with van der Waals surface area (Å²) in [6.07, 6.45) is 0. The Labute approximate surface area is 522 Å². The predicted octanol–water partition coefficient (Wildman–Crippen LogP) is 22.5. The first kappa shape index (κ1) is 53.3. The molecular weight excluding hydrogens is 1270 g/mol. The van der Waals surface area contributed by atoms with Crippen molar-refractivity contribution >= 4 is 94.5 Å². The Morgan fingerprint density at radius 3 is 1.15 bits per heavy atom. The van der Waals surface area contributed by atoms with Crippen LogP contribution < -0.4 is 9.47 Å².